The highest BCUT2D eigenvalue weighted by Gasteiger charge is 2.08. The van der Waals surface area contributed by atoms with Crippen LogP contribution in [-0.4, -0.2) is 24.3 Å². The summed E-state index contributed by atoms with van der Waals surface area (Å²) in [6.07, 6.45) is 3.14. The maximum atomic E-state index is 11.9. The molecule has 5 nitrogen and oxygen atoms in total. The minimum absolute atomic E-state index is 0.110. The smallest absolute Gasteiger partial charge is 0.326 e. The van der Waals surface area contributed by atoms with Crippen LogP contribution in [0.15, 0.2) is 53.5 Å². The molecular formula is C17H19NO4. The molecule has 0 aliphatic heterocycles. The second-order valence-corrected chi connectivity index (χ2v) is 4.82. The molecule has 0 fully saturated rings. The van der Waals surface area contributed by atoms with Crippen LogP contribution in [0.4, 0.5) is 0 Å². The summed E-state index contributed by atoms with van der Waals surface area (Å²) in [5.74, 6) is -0.220. The number of aromatic nitrogens is 1. The zero-order chi connectivity index (χ0) is 15.8. The standard InChI is InChI=1S/C17H19NO4/c1-21-15-10-5-11-18(17(15)20)13-16(19)22-12-6-9-14-7-3-2-4-8-14/h2-5,7-8,10-11H,6,9,12-13H2,1H3. The first-order valence-corrected chi connectivity index (χ1v) is 7.13. The van der Waals surface area contributed by atoms with E-state index in [0.717, 1.165) is 12.8 Å². The van der Waals surface area contributed by atoms with Gasteiger partial charge in [-0.05, 0) is 30.5 Å². The number of ether oxygens (including phenoxy) is 2. The van der Waals surface area contributed by atoms with Gasteiger partial charge in [-0.2, -0.15) is 0 Å². The summed E-state index contributed by atoms with van der Waals surface area (Å²) in [4.78, 5) is 23.6. The van der Waals surface area contributed by atoms with Crippen LogP contribution in [0.25, 0.3) is 0 Å². The van der Waals surface area contributed by atoms with Crippen LogP contribution in [0.2, 0.25) is 0 Å². The lowest BCUT2D eigenvalue weighted by Gasteiger charge is -2.08. The summed E-state index contributed by atoms with van der Waals surface area (Å²) in [6.45, 7) is 0.230. The van der Waals surface area contributed by atoms with Crippen LogP contribution in [0, 0.1) is 0 Å². The van der Waals surface area contributed by atoms with Gasteiger partial charge in [0.15, 0.2) is 5.75 Å². The van der Waals surface area contributed by atoms with Crippen molar-refractivity contribution < 1.29 is 14.3 Å². The molecule has 0 amide bonds. The maximum Gasteiger partial charge on any atom is 0.326 e. The SMILES string of the molecule is COc1cccn(CC(=O)OCCCc2ccccc2)c1=O. The van der Waals surface area contributed by atoms with Crippen molar-refractivity contribution in [2.45, 2.75) is 19.4 Å². The lowest BCUT2D eigenvalue weighted by molar-refractivity contribution is -0.144. The molecule has 116 valence electrons. The number of benzene rings is 1. The van der Waals surface area contributed by atoms with Crippen molar-refractivity contribution in [3.63, 3.8) is 0 Å². The van der Waals surface area contributed by atoms with Gasteiger partial charge in [-0.1, -0.05) is 30.3 Å². The molecule has 22 heavy (non-hydrogen) atoms. The number of carbonyl (C=O) groups excluding carboxylic acids is 1. The van der Waals surface area contributed by atoms with Gasteiger partial charge in [0.1, 0.15) is 6.54 Å². The van der Waals surface area contributed by atoms with Crippen LogP contribution in [-0.2, 0) is 22.5 Å². The van der Waals surface area contributed by atoms with Gasteiger partial charge in [0.2, 0.25) is 0 Å². The van der Waals surface area contributed by atoms with Gasteiger partial charge in [-0.15, -0.1) is 0 Å². The van der Waals surface area contributed by atoms with Crippen LogP contribution in [0.3, 0.4) is 0 Å². The molecule has 0 radical (unpaired) electrons. The number of carbonyl (C=O) groups is 1. The number of hydrogen-bond acceptors (Lipinski definition) is 4. The second-order valence-electron chi connectivity index (χ2n) is 4.82. The zero-order valence-corrected chi connectivity index (χ0v) is 12.5. The van der Waals surface area contributed by atoms with Crippen molar-refractivity contribution in [1.82, 2.24) is 4.57 Å². The molecule has 1 aromatic heterocycles. The number of rotatable bonds is 7. The quantitative estimate of drug-likeness (QED) is 0.580. The predicted octanol–water partition coefficient (Wildman–Crippen LogP) is 2.03. The van der Waals surface area contributed by atoms with Gasteiger partial charge < -0.3 is 14.0 Å². The third-order valence-electron chi connectivity index (χ3n) is 3.22. The molecule has 0 bridgehead atoms. The Labute approximate surface area is 129 Å². The van der Waals surface area contributed by atoms with Gasteiger partial charge in [-0.25, -0.2) is 0 Å². The van der Waals surface area contributed by atoms with E-state index < -0.39 is 5.97 Å². The van der Waals surface area contributed by atoms with Crippen molar-refractivity contribution in [2.24, 2.45) is 0 Å². The number of nitrogens with zero attached hydrogens (tertiary/aromatic N) is 1. The van der Waals surface area contributed by atoms with E-state index in [0.29, 0.717) is 6.61 Å². The summed E-state index contributed by atoms with van der Waals surface area (Å²) in [5, 5.41) is 0. The van der Waals surface area contributed by atoms with Crippen molar-refractivity contribution in [3.8, 4) is 5.75 Å². The Hall–Kier alpha value is -2.56. The van der Waals surface area contributed by atoms with E-state index in [1.54, 1.807) is 12.1 Å². The first-order chi connectivity index (χ1) is 10.7. The molecule has 1 heterocycles. The van der Waals surface area contributed by atoms with Crippen molar-refractivity contribution >= 4 is 5.97 Å². The Morgan fingerprint density at radius 1 is 1.14 bits per heavy atom. The highest BCUT2D eigenvalue weighted by atomic mass is 16.5. The molecule has 0 N–H and O–H groups in total. The topological polar surface area (TPSA) is 57.5 Å². The number of esters is 1. The summed E-state index contributed by atoms with van der Waals surface area (Å²) >= 11 is 0. The van der Waals surface area contributed by atoms with E-state index in [1.807, 2.05) is 30.3 Å². The lowest BCUT2D eigenvalue weighted by Crippen LogP contribution is -2.25. The molecule has 5 heteroatoms. The lowest BCUT2D eigenvalue weighted by atomic mass is 10.1. The molecule has 0 aliphatic carbocycles. The predicted molar refractivity (Wildman–Crippen MR) is 83.0 cm³/mol. The van der Waals surface area contributed by atoms with Gasteiger partial charge in [0.05, 0.1) is 13.7 Å². The van der Waals surface area contributed by atoms with Crippen LogP contribution in [0.5, 0.6) is 5.75 Å². The summed E-state index contributed by atoms with van der Waals surface area (Å²) < 4.78 is 11.4. The monoisotopic (exact) mass is 301 g/mol. The first-order valence-electron chi connectivity index (χ1n) is 7.13. The largest absolute Gasteiger partial charge is 0.491 e. The molecular weight excluding hydrogens is 282 g/mol. The molecule has 0 unspecified atom stereocenters. The minimum Gasteiger partial charge on any atom is -0.491 e. The molecule has 0 saturated heterocycles. The average Bonchev–Trinajstić information content (AvgIpc) is 2.54. The number of pyridine rings is 1. The molecule has 1 aromatic carbocycles. The van der Waals surface area contributed by atoms with E-state index in [1.165, 1.54) is 23.4 Å². The van der Waals surface area contributed by atoms with Crippen LogP contribution >= 0.6 is 0 Å². The zero-order valence-electron chi connectivity index (χ0n) is 12.5. The van der Waals surface area contributed by atoms with Gasteiger partial charge in [0.25, 0.3) is 5.56 Å². The average molecular weight is 301 g/mol. The fraction of sp³-hybridized carbons (Fsp3) is 0.294. The third-order valence-corrected chi connectivity index (χ3v) is 3.22. The van der Waals surface area contributed by atoms with Crippen LogP contribution < -0.4 is 10.3 Å². The Morgan fingerprint density at radius 3 is 2.64 bits per heavy atom. The molecule has 2 rings (SSSR count). The third kappa shape index (κ3) is 4.48. The summed E-state index contributed by atoms with van der Waals surface area (Å²) in [6, 6.07) is 13.2. The van der Waals surface area contributed by atoms with E-state index in [9.17, 15) is 9.59 Å². The molecule has 0 spiro atoms. The molecule has 0 aliphatic rings. The fourth-order valence-electron chi connectivity index (χ4n) is 2.09. The maximum absolute atomic E-state index is 11.9. The van der Waals surface area contributed by atoms with Gasteiger partial charge in [-0.3, -0.25) is 9.59 Å². The van der Waals surface area contributed by atoms with Crippen molar-refractivity contribution in [3.05, 3.63) is 64.6 Å². The fourth-order valence-corrected chi connectivity index (χ4v) is 2.09. The summed E-state index contributed by atoms with van der Waals surface area (Å²) in [5.41, 5.74) is 0.869. The van der Waals surface area contributed by atoms with E-state index in [2.05, 4.69) is 0 Å². The number of aryl methyl sites for hydroxylation is 1. The normalized spacial score (nSPS) is 10.2. The minimum atomic E-state index is -0.427. The van der Waals surface area contributed by atoms with E-state index >= 15 is 0 Å². The van der Waals surface area contributed by atoms with E-state index in [4.69, 9.17) is 9.47 Å². The Bertz CT molecular complexity index is 664. The van der Waals surface area contributed by atoms with Gasteiger partial charge in [0, 0.05) is 6.20 Å². The van der Waals surface area contributed by atoms with E-state index in [-0.39, 0.29) is 17.9 Å². The van der Waals surface area contributed by atoms with Crippen LogP contribution in [0.1, 0.15) is 12.0 Å². The highest BCUT2D eigenvalue weighted by Crippen LogP contribution is 2.03. The number of methoxy groups -OCH3 is 1. The van der Waals surface area contributed by atoms with Crippen molar-refractivity contribution in [2.75, 3.05) is 13.7 Å². The first kappa shape index (κ1) is 15.8. The Balaban J connectivity index is 1.78. The molecule has 0 saturated carbocycles. The van der Waals surface area contributed by atoms with Gasteiger partial charge >= 0.3 is 5.97 Å². The molecule has 0 atom stereocenters. The molecule has 2 aromatic rings. The van der Waals surface area contributed by atoms with Crippen molar-refractivity contribution in [1.29, 1.82) is 0 Å². The Morgan fingerprint density at radius 2 is 1.91 bits per heavy atom. The Kier molecular flexibility index (Phi) is 5.77. The number of hydrogen-bond donors (Lipinski definition) is 0. The highest BCUT2D eigenvalue weighted by molar-refractivity contribution is 5.69. The second kappa shape index (κ2) is 8.02. The summed E-state index contributed by atoms with van der Waals surface area (Å²) in [7, 11) is 1.42.